The molecule has 3 aromatic rings. The number of hydrogen-bond acceptors (Lipinski definition) is 2. The predicted molar refractivity (Wildman–Crippen MR) is 67.7 cm³/mol. The van der Waals surface area contributed by atoms with Crippen molar-refractivity contribution < 1.29 is 13.9 Å². The number of nitrogens with zero attached hydrogens (tertiary/aromatic N) is 2. The number of phenolic OH excluding ortho intramolecular Hbond substituents is 1. The topological polar surface area (TPSA) is 38.0 Å². The Morgan fingerprint density at radius 1 is 1.16 bits per heavy atom. The Hall–Kier alpha value is -2.43. The average Bonchev–Trinajstić information content (AvgIpc) is 2.72. The second-order valence-electron chi connectivity index (χ2n) is 4.26. The molecule has 0 atom stereocenters. The normalized spacial score (nSPS) is 11.1. The van der Waals surface area contributed by atoms with E-state index in [1.807, 2.05) is 0 Å². The molecule has 3 rings (SSSR count). The number of fused-ring (bicyclic) bond motifs is 1. The third-order valence-corrected chi connectivity index (χ3v) is 3.06. The highest BCUT2D eigenvalue weighted by Gasteiger charge is 2.15. The summed E-state index contributed by atoms with van der Waals surface area (Å²) in [5, 5.41) is 9.79. The molecule has 0 aliphatic heterocycles. The van der Waals surface area contributed by atoms with Crippen LogP contribution in [0, 0.1) is 11.6 Å². The molecule has 0 aliphatic carbocycles. The first-order valence-corrected chi connectivity index (χ1v) is 5.68. The van der Waals surface area contributed by atoms with Gasteiger partial charge in [0.1, 0.15) is 22.9 Å². The summed E-state index contributed by atoms with van der Waals surface area (Å²) in [7, 11) is 1.69. The molecule has 0 saturated carbocycles. The van der Waals surface area contributed by atoms with Crippen LogP contribution in [0.4, 0.5) is 8.78 Å². The van der Waals surface area contributed by atoms with Crippen LogP contribution >= 0.6 is 0 Å². The first-order chi connectivity index (χ1) is 9.08. The van der Waals surface area contributed by atoms with Crippen molar-refractivity contribution >= 4 is 11.0 Å². The Balaban J connectivity index is 2.34. The fourth-order valence-electron chi connectivity index (χ4n) is 2.11. The van der Waals surface area contributed by atoms with Gasteiger partial charge in [0.25, 0.3) is 0 Å². The molecule has 0 unspecified atom stereocenters. The van der Waals surface area contributed by atoms with Gasteiger partial charge in [0.15, 0.2) is 5.82 Å². The zero-order valence-electron chi connectivity index (χ0n) is 10.1. The quantitative estimate of drug-likeness (QED) is 0.729. The van der Waals surface area contributed by atoms with Crippen molar-refractivity contribution in [1.82, 2.24) is 9.55 Å². The maximum atomic E-state index is 13.7. The second-order valence-corrected chi connectivity index (χ2v) is 4.26. The highest BCUT2D eigenvalue weighted by Crippen LogP contribution is 2.31. The summed E-state index contributed by atoms with van der Waals surface area (Å²) in [6.45, 7) is 0. The predicted octanol–water partition coefficient (Wildman–Crippen LogP) is 3.22. The van der Waals surface area contributed by atoms with Crippen LogP contribution < -0.4 is 0 Å². The lowest BCUT2D eigenvalue weighted by molar-refractivity contribution is 0.474. The van der Waals surface area contributed by atoms with Crippen molar-refractivity contribution in [2.45, 2.75) is 0 Å². The lowest BCUT2D eigenvalue weighted by atomic mass is 10.2. The summed E-state index contributed by atoms with van der Waals surface area (Å²) in [5.74, 6) is -0.715. The van der Waals surface area contributed by atoms with E-state index in [1.165, 1.54) is 18.2 Å². The van der Waals surface area contributed by atoms with Gasteiger partial charge in [-0.3, -0.25) is 0 Å². The van der Waals surface area contributed by atoms with Crippen molar-refractivity contribution in [3.05, 3.63) is 48.0 Å². The van der Waals surface area contributed by atoms with E-state index in [1.54, 1.807) is 23.7 Å². The molecule has 1 heterocycles. The van der Waals surface area contributed by atoms with Gasteiger partial charge in [-0.05, 0) is 30.3 Å². The van der Waals surface area contributed by atoms with Gasteiger partial charge in [0.2, 0.25) is 0 Å². The average molecular weight is 260 g/mol. The molecular formula is C14H10F2N2O. The maximum Gasteiger partial charge on any atom is 0.151 e. The highest BCUT2D eigenvalue weighted by atomic mass is 19.1. The van der Waals surface area contributed by atoms with Crippen LogP contribution in [-0.4, -0.2) is 14.7 Å². The number of rotatable bonds is 1. The van der Waals surface area contributed by atoms with Crippen LogP contribution in [0.3, 0.4) is 0 Å². The van der Waals surface area contributed by atoms with Gasteiger partial charge < -0.3 is 9.67 Å². The van der Waals surface area contributed by atoms with E-state index in [0.29, 0.717) is 11.3 Å². The molecule has 5 heteroatoms. The molecule has 96 valence electrons. The fraction of sp³-hybridized carbons (Fsp3) is 0.0714. The van der Waals surface area contributed by atoms with Crippen LogP contribution in [0.15, 0.2) is 36.4 Å². The van der Waals surface area contributed by atoms with Crippen LogP contribution in [0.25, 0.3) is 22.4 Å². The number of aryl methyl sites for hydroxylation is 1. The summed E-state index contributed by atoms with van der Waals surface area (Å²) in [6, 6.07) is 8.18. The van der Waals surface area contributed by atoms with E-state index in [0.717, 1.165) is 6.07 Å². The molecule has 0 saturated heterocycles. The fourth-order valence-corrected chi connectivity index (χ4v) is 2.11. The maximum absolute atomic E-state index is 13.7. The summed E-state index contributed by atoms with van der Waals surface area (Å²) in [5.41, 5.74) is 1.01. The molecule has 3 nitrogen and oxygen atoms in total. The van der Waals surface area contributed by atoms with E-state index < -0.39 is 11.6 Å². The SMILES string of the molecule is Cn1c(-c2cc(F)ccc2O)nc2c(F)cccc21. The summed E-state index contributed by atoms with van der Waals surface area (Å²) in [6.07, 6.45) is 0. The largest absolute Gasteiger partial charge is 0.507 e. The highest BCUT2D eigenvalue weighted by molar-refractivity contribution is 5.82. The van der Waals surface area contributed by atoms with E-state index in [9.17, 15) is 13.9 Å². The number of para-hydroxylation sites is 1. The molecule has 0 bridgehead atoms. The molecule has 0 amide bonds. The third-order valence-electron chi connectivity index (χ3n) is 3.06. The molecule has 0 radical (unpaired) electrons. The first kappa shape index (κ1) is 11.6. The van der Waals surface area contributed by atoms with Crippen LogP contribution in [-0.2, 0) is 7.05 Å². The number of hydrogen-bond donors (Lipinski definition) is 1. The first-order valence-electron chi connectivity index (χ1n) is 5.68. The molecule has 0 spiro atoms. The van der Waals surface area contributed by atoms with Gasteiger partial charge in [-0.25, -0.2) is 13.8 Å². The van der Waals surface area contributed by atoms with Crippen molar-refractivity contribution in [2.75, 3.05) is 0 Å². The van der Waals surface area contributed by atoms with E-state index in [2.05, 4.69) is 4.98 Å². The number of halogens is 2. The Morgan fingerprint density at radius 2 is 1.95 bits per heavy atom. The number of phenols is 1. The van der Waals surface area contributed by atoms with Crippen LogP contribution in [0.1, 0.15) is 0 Å². The lowest BCUT2D eigenvalue weighted by Gasteiger charge is -2.05. The molecule has 1 aromatic heterocycles. The zero-order chi connectivity index (χ0) is 13.6. The standard InChI is InChI=1S/C14H10F2N2O/c1-18-11-4-2-3-10(16)13(11)17-14(18)9-7-8(15)5-6-12(9)19/h2-7,19H,1H3. The summed E-state index contributed by atoms with van der Waals surface area (Å²) < 4.78 is 28.6. The lowest BCUT2D eigenvalue weighted by Crippen LogP contribution is -1.93. The van der Waals surface area contributed by atoms with Gasteiger partial charge in [0.05, 0.1) is 11.1 Å². The Bertz CT molecular complexity index is 780. The number of aromatic nitrogens is 2. The van der Waals surface area contributed by atoms with Crippen molar-refractivity contribution in [3.63, 3.8) is 0 Å². The van der Waals surface area contributed by atoms with Gasteiger partial charge in [-0.1, -0.05) is 6.07 Å². The van der Waals surface area contributed by atoms with Crippen molar-refractivity contribution in [2.24, 2.45) is 7.05 Å². The smallest absolute Gasteiger partial charge is 0.151 e. The number of aromatic hydroxyl groups is 1. The molecular weight excluding hydrogens is 250 g/mol. The molecule has 2 aromatic carbocycles. The Morgan fingerprint density at radius 3 is 2.68 bits per heavy atom. The second kappa shape index (κ2) is 4.05. The van der Waals surface area contributed by atoms with Gasteiger partial charge in [-0.2, -0.15) is 0 Å². The molecule has 1 N–H and O–H groups in total. The van der Waals surface area contributed by atoms with E-state index in [4.69, 9.17) is 0 Å². The monoisotopic (exact) mass is 260 g/mol. The zero-order valence-corrected chi connectivity index (χ0v) is 10.1. The summed E-state index contributed by atoms with van der Waals surface area (Å²) >= 11 is 0. The number of benzene rings is 2. The Labute approximate surface area is 107 Å². The minimum absolute atomic E-state index is 0.0970. The number of imidazole rings is 1. The third kappa shape index (κ3) is 1.74. The Kier molecular flexibility index (Phi) is 2.48. The van der Waals surface area contributed by atoms with Gasteiger partial charge in [0, 0.05) is 7.05 Å². The molecule has 0 fully saturated rings. The summed E-state index contributed by atoms with van der Waals surface area (Å²) in [4.78, 5) is 4.15. The molecule has 0 aliphatic rings. The van der Waals surface area contributed by atoms with E-state index >= 15 is 0 Å². The minimum Gasteiger partial charge on any atom is -0.507 e. The van der Waals surface area contributed by atoms with Gasteiger partial charge >= 0.3 is 0 Å². The van der Waals surface area contributed by atoms with Crippen molar-refractivity contribution in [1.29, 1.82) is 0 Å². The van der Waals surface area contributed by atoms with Gasteiger partial charge in [-0.15, -0.1) is 0 Å². The molecule has 19 heavy (non-hydrogen) atoms. The van der Waals surface area contributed by atoms with E-state index in [-0.39, 0.29) is 16.8 Å². The van der Waals surface area contributed by atoms with Crippen LogP contribution in [0.2, 0.25) is 0 Å². The minimum atomic E-state index is -0.486. The van der Waals surface area contributed by atoms with Crippen molar-refractivity contribution in [3.8, 4) is 17.1 Å². The van der Waals surface area contributed by atoms with Crippen LogP contribution in [0.5, 0.6) is 5.75 Å².